The molecule has 0 aromatic carbocycles. The van der Waals surface area contributed by atoms with Gasteiger partial charge in [0.25, 0.3) is 0 Å². The molecule has 0 radical (unpaired) electrons. The summed E-state index contributed by atoms with van der Waals surface area (Å²) in [5.41, 5.74) is 3.40. The lowest BCUT2D eigenvalue weighted by Crippen LogP contribution is -2.39. The molecule has 8 nitrogen and oxygen atoms in total. The third-order valence-corrected chi connectivity index (χ3v) is 2.62. The number of rotatable bonds is 2. The van der Waals surface area contributed by atoms with Crippen molar-refractivity contribution in [2.45, 2.75) is 6.23 Å². The van der Waals surface area contributed by atoms with Gasteiger partial charge in [-0.3, -0.25) is 5.43 Å². The third-order valence-electron chi connectivity index (χ3n) is 2.41. The summed E-state index contributed by atoms with van der Waals surface area (Å²) in [6.07, 6.45) is 5.14. The van der Waals surface area contributed by atoms with Crippen LogP contribution in [0.15, 0.2) is 31.0 Å². The van der Waals surface area contributed by atoms with Crippen LogP contribution >= 0.6 is 11.6 Å². The molecule has 1 atom stereocenters. The number of hydrogen-bond donors (Lipinski definition) is 2. The van der Waals surface area contributed by atoms with Gasteiger partial charge in [0.05, 0.1) is 12.4 Å². The molecular weight excluding hydrogens is 258 g/mol. The largest absolute Gasteiger partial charge is 0.367 e. The summed E-state index contributed by atoms with van der Waals surface area (Å²) < 4.78 is 1.46. The zero-order valence-corrected chi connectivity index (χ0v) is 9.73. The van der Waals surface area contributed by atoms with Crippen LogP contribution in [0.3, 0.4) is 0 Å². The molecule has 2 N–H and O–H groups in total. The first kappa shape index (κ1) is 10.9. The fourth-order valence-corrected chi connectivity index (χ4v) is 1.73. The van der Waals surface area contributed by atoms with Crippen molar-refractivity contribution < 1.29 is 5.11 Å². The lowest BCUT2D eigenvalue weighted by atomic mass is 10.4. The summed E-state index contributed by atoms with van der Waals surface area (Å²) in [6.45, 7) is 0. The highest BCUT2D eigenvalue weighted by molar-refractivity contribution is 6.29. The van der Waals surface area contributed by atoms with Gasteiger partial charge in [0.1, 0.15) is 17.2 Å². The molecule has 3 rings (SSSR count). The summed E-state index contributed by atoms with van der Waals surface area (Å²) in [6, 6.07) is 1.54. The van der Waals surface area contributed by atoms with Gasteiger partial charge < -0.3 is 5.11 Å². The van der Waals surface area contributed by atoms with Crippen LogP contribution in [0.2, 0.25) is 5.15 Å². The summed E-state index contributed by atoms with van der Waals surface area (Å²) in [4.78, 5) is 7.80. The van der Waals surface area contributed by atoms with Gasteiger partial charge in [0.15, 0.2) is 12.0 Å². The van der Waals surface area contributed by atoms with E-state index < -0.39 is 6.23 Å². The molecule has 2 aromatic rings. The molecule has 3 heterocycles. The zero-order chi connectivity index (χ0) is 12.5. The highest BCUT2D eigenvalue weighted by atomic mass is 35.5. The van der Waals surface area contributed by atoms with E-state index in [1.54, 1.807) is 12.4 Å². The minimum Gasteiger partial charge on any atom is -0.367 e. The Balaban J connectivity index is 1.87. The van der Waals surface area contributed by atoms with Gasteiger partial charge in [-0.05, 0) is 0 Å². The quantitative estimate of drug-likeness (QED) is 0.730. The smallest absolute Gasteiger partial charge is 0.192 e. The number of anilines is 1. The van der Waals surface area contributed by atoms with Crippen molar-refractivity contribution in [3.63, 3.8) is 0 Å². The second-order valence-electron chi connectivity index (χ2n) is 3.49. The molecule has 2 aromatic heterocycles. The van der Waals surface area contributed by atoms with Gasteiger partial charge in [0.2, 0.25) is 0 Å². The number of hydrogen-bond acceptors (Lipinski definition) is 7. The molecule has 1 aliphatic heterocycles. The van der Waals surface area contributed by atoms with E-state index in [0.717, 1.165) is 0 Å². The van der Waals surface area contributed by atoms with E-state index in [0.29, 0.717) is 16.7 Å². The predicted octanol–water partition coefficient (Wildman–Crippen LogP) is -0.137. The number of nitrogens with zero attached hydrogens (tertiary/aromatic N) is 6. The highest BCUT2D eigenvalue weighted by Crippen LogP contribution is 2.22. The number of aliphatic hydroxyl groups is 1. The van der Waals surface area contributed by atoms with Crippen molar-refractivity contribution in [2.75, 3.05) is 5.01 Å². The molecule has 1 unspecified atom stereocenters. The Kier molecular flexibility index (Phi) is 2.58. The van der Waals surface area contributed by atoms with Crippen LogP contribution in [-0.4, -0.2) is 36.3 Å². The van der Waals surface area contributed by atoms with Gasteiger partial charge >= 0.3 is 0 Å². The van der Waals surface area contributed by atoms with E-state index in [2.05, 4.69) is 25.7 Å². The van der Waals surface area contributed by atoms with Crippen LogP contribution in [0.5, 0.6) is 0 Å². The topological polar surface area (TPSA) is 92.0 Å². The maximum atomic E-state index is 10.2. The number of aromatic nitrogens is 5. The van der Waals surface area contributed by atoms with Gasteiger partial charge in [-0.2, -0.15) is 0 Å². The minimum absolute atomic E-state index is 0.295. The van der Waals surface area contributed by atoms with E-state index in [1.807, 2.05) is 0 Å². The summed E-state index contributed by atoms with van der Waals surface area (Å²) in [5.74, 6) is 0.453. The van der Waals surface area contributed by atoms with Crippen LogP contribution < -0.4 is 10.4 Å². The van der Waals surface area contributed by atoms with Crippen molar-refractivity contribution in [3.8, 4) is 0 Å². The Morgan fingerprint density at radius 2 is 2.28 bits per heavy atom. The second-order valence-corrected chi connectivity index (χ2v) is 3.88. The van der Waals surface area contributed by atoms with Crippen molar-refractivity contribution in [1.29, 1.82) is 0 Å². The van der Waals surface area contributed by atoms with Crippen molar-refractivity contribution in [1.82, 2.24) is 30.4 Å². The molecule has 18 heavy (non-hydrogen) atoms. The molecule has 0 fully saturated rings. The Morgan fingerprint density at radius 1 is 1.39 bits per heavy atom. The van der Waals surface area contributed by atoms with Crippen molar-refractivity contribution in [2.24, 2.45) is 0 Å². The van der Waals surface area contributed by atoms with E-state index >= 15 is 0 Å². The molecule has 0 aliphatic carbocycles. The normalized spacial score (nSPS) is 18.7. The fraction of sp³-hybridized carbons (Fsp3) is 0.111. The molecule has 0 bridgehead atoms. The SMILES string of the molecule is OC1C(n2ccnn2)=CNN1c1cc(Cl)ncn1. The monoisotopic (exact) mass is 265 g/mol. The molecule has 0 saturated heterocycles. The van der Waals surface area contributed by atoms with Gasteiger partial charge in [-0.25, -0.2) is 19.7 Å². The minimum atomic E-state index is -0.947. The highest BCUT2D eigenvalue weighted by Gasteiger charge is 2.28. The average molecular weight is 266 g/mol. The van der Waals surface area contributed by atoms with Crippen LogP contribution in [0.1, 0.15) is 0 Å². The summed E-state index contributed by atoms with van der Waals surface area (Å²) in [7, 11) is 0. The van der Waals surface area contributed by atoms with Crippen LogP contribution in [-0.2, 0) is 0 Å². The third kappa shape index (κ3) is 1.77. The molecular formula is C9H8ClN7O. The van der Waals surface area contributed by atoms with Gasteiger partial charge in [-0.1, -0.05) is 16.8 Å². The zero-order valence-electron chi connectivity index (χ0n) is 8.97. The number of nitrogens with one attached hydrogen (secondary N) is 1. The van der Waals surface area contributed by atoms with E-state index in [1.165, 1.54) is 28.3 Å². The maximum absolute atomic E-state index is 10.2. The van der Waals surface area contributed by atoms with Crippen LogP contribution in [0.4, 0.5) is 5.82 Å². The van der Waals surface area contributed by atoms with Gasteiger partial charge in [-0.15, -0.1) is 5.10 Å². The van der Waals surface area contributed by atoms with Crippen molar-refractivity contribution in [3.05, 3.63) is 36.1 Å². The number of aliphatic hydroxyl groups excluding tert-OH is 1. The second kappa shape index (κ2) is 4.24. The van der Waals surface area contributed by atoms with Crippen LogP contribution in [0, 0.1) is 0 Å². The molecule has 92 valence electrons. The standard InChI is InChI=1S/C9H8ClN7O/c10-7-3-8(12-5-11-7)17-9(18)6(4-14-17)16-2-1-13-15-16/h1-5,9,14,18H. The lowest BCUT2D eigenvalue weighted by molar-refractivity contribution is 0.219. The molecule has 1 aliphatic rings. The first-order valence-electron chi connectivity index (χ1n) is 5.03. The molecule has 0 spiro atoms. The lowest BCUT2D eigenvalue weighted by Gasteiger charge is -2.22. The Bertz CT molecular complexity index is 584. The number of halogens is 1. The van der Waals surface area contributed by atoms with E-state index in [4.69, 9.17) is 11.6 Å². The van der Waals surface area contributed by atoms with Crippen LogP contribution in [0.25, 0.3) is 5.70 Å². The Morgan fingerprint density at radius 3 is 3.00 bits per heavy atom. The molecule has 0 saturated carbocycles. The fourth-order valence-electron chi connectivity index (χ4n) is 1.59. The van der Waals surface area contributed by atoms with E-state index in [9.17, 15) is 5.11 Å². The average Bonchev–Trinajstić information content (AvgIpc) is 2.97. The Hall–Kier alpha value is -2.19. The summed E-state index contributed by atoms with van der Waals surface area (Å²) >= 11 is 5.78. The predicted molar refractivity (Wildman–Crippen MR) is 63.0 cm³/mol. The number of hydrazine groups is 1. The van der Waals surface area contributed by atoms with Gasteiger partial charge in [0, 0.05) is 12.3 Å². The Labute approximate surface area is 106 Å². The first-order valence-corrected chi connectivity index (χ1v) is 5.41. The maximum Gasteiger partial charge on any atom is 0.192 e. The first-order chi connectivity index (χ1) is 8.75. The van der Waals surface area contributed by atoms with E-state index in [-0.39, 0.29) is 0 Å². The van der Waals surface area contributed by atoms with Crippen molar-refractivity contribution >= 4 is 23.1 Å². The summed E-state index contributed by atoms with van der Waals surface area (Å²) in [5, 5.41) is 19.4. The molecule has 0 amide bonds. The molecule has 9 heteroatoms.